The fraction of sp³-hybridized carbons (Fsp3) is 0.222. The van der Waals surface area contributed by atoms with Gasteiger partial charge in [-0.25, -0.2) is 4.98 Å². The first kappa shape index (κ1) is 15.2. The molecule has 0 aliphatic heterocycles. The van der Waals surface area contributed by atoms with E-state index in [0.717, 1.165) is 11.1 Å². The molecule has 5 nitrogen and oxygen atoms in total. The summed E-state index contributed by atoms with van der Waals surface area (Å²) in [5.41, 5.74) is 1.95. The second kappa shape index (κ2) is 6.22. The summed E-state index contributed by atoms with van der Waals surface area (Å²) >= 11 is 0. The number of aliphatic hydroxyl groups is 1. The number of aromatic amines is 1. The highest BCUT2D eigenvalue weighted by atomic mass is 16.5. The smallest absolute Gasteiger partial charge is 0.259 e. The highest BCUT2D eigenvalue weighted by Crippen LogP contribution is 2.25. The SMILES string of the molecule is CCC(O)c1ccc(-c2nc3c(OC)cccc3c(=O)[nH]2)cc1. The fourth-order valence-corrected chi connectivity index (χ4v) is 2.54. The minimum atomic E-state index is -0.479. The molecule has 0 fully saturated rings. The predicted octanol–water partition coefficient (Wildman–Crippen LogP) is 3.04. The van der Waals surface area contributed by atoms with Crippen molar-refractivity contribution in [3.8, 4) is 17.1 Å². The normalized spacial score (nSPS) is 12.3. The van der Waals surface area contributed by atoms with Gasteiger partial charge in [-0.05, 0) is 24.1 Å². The van der Waals surface area contributed by atoms with Crippen LogP contribution in [0.3, 0.4) is 0 Å². The van der Waals surface area contributed by atoms with Crippen LogP contribution in [0.1, 0.15) is 25.0 Å². The van der Waals surface area contributed by atoms with E-state index in [1.165, 1.54) is 0 Å². The van der Waals surface area contributed by atoms with Crippen LogP contribution in [-0.4, -0.2) is 22.2 Å². The Morgan fingerprint density at radius 3 is 2.61 bits per heavy atom. The molecule has 0 saturated carbocycles. The number of hydrogen-bond acceptors (Lipinski definition) is 4. The third-order valence-electron chi connectivity index (χ3n) is 3.87. The Balaban J connectivity index is 2.11. The van der Waals surface area contributed by atoms with Crippen molar-refractivity contribution in [1.82, 2.24) is 9.97 Å². The maximum absolute atomic E-state index is 12.3. The second-order valence-electron chi connectivity index (χ2n) is 5.32. The van der Waals surface area contributed by atoms with Crippen LogP contribution in [0.4, 0.5) is 0 Å². The van der Waals surface area contributed by atoms with Gasteiger partial charge in [0.1, 0.15) is 17.1 Å². The lowest BCUT2D eigenvalue weighted by Gasteiger charge is -2.10. The third kappa shape index (κ3) is 2.83. The second-order valence-corrected chi connectivity index (χ2v) is 5.32. The summed E-state index contributed by atoms with van der Waals surface area (Å²) in [6.07, 6.45) is 0.175. The molecule has 3 aromatic rings. The van der Waals surface area contributed by atoms with Gasteiger partial charge < -0.3 is 14.8 Å². The topological polar surface area (TPSA) is 75.2 Å². The monoisotopic (exact) mass is 310 g/mol. The highest BCUT2D eigenvalue weighted by Gasteiger charge is 2.11. The van der Waals surface area contributed by atoms with Crippen LogP contribution in [0, 0.1) is 0 Å². The number of para-hydroxylation sites is 1. The number of aliphatic hydroxyl groups excluding tert-OH is 1. The third-order valence-corrected chi connectivity index (χ3v) is 3.87. The Morgan fingerprint density at radius 2 is 1.96 bits per heavy atom. The van der Waals surface area contributed by atoms with Gasteiger partial charge in [0.2, 0.25) is 0 Å². The van der Waals surface area contributed by atoms with Crippen LogP contribution >= 0.6 is 0 Å². The average molecular weight is 310 g/mol. The number of methoxy groups -OCH3 is 1. The molecule has 0 saturated heterocycles. The molecule has 1 unspecified atom stereocenters. The van der Waals surface area contributed by atoms with Gasteiger partial charge in [0.05, 0.1) is 18.6 Å². The van der Waals surface area contributed by atoms with Crippen LogP contribution < -0.4 is 10.3 Å². The van der Waals surface area contributed by atoms with Gasteiger partial charge in [-0.15, -0.1) is 0 Å². The molecule has 0 spiro atoms. The summed E-state index contributed by atoms with van der Waals surface area (Å²) in [7, 11) is 1.55. The summed E-state index contributed by atoms with van der Waals surface area (Å²) in [6, 6.07) is 12.6. The summed E-state index contributed by atoms with van der Waals surface area (Å²) < 4.78 is 5.29. The molecule has 0 radical (unpaired) electrons. The molecule has 1 heterocycles. The van der Waals surface area contributed by atoms with Crippen molar-refractivity contribution < 1.29 is 9.84 Å². The van der Waals surface area contributed by atoms with E-state index < -0.39 is 6.10 Å². The summed E-state index contributed by atoms with van der Waals surface area (Å²) in [4.78, 5) is 19.6. The molecule has 1 aromatic heterocycles. The molecule has 2 N–H and O–H groups in total. The van der Waals surface area contributed by atoms with Crippen LogP contribution in [0.15, 0.2) is 47.3 Å². The van der Waals surface area contributed by atoms with Crippen molar-refractivity contribution >= 4 is 10.9 Å². The zero-order valence-corrected chi connectivity index (χ0v) is 13.0. The van der Waals surface area contributed by atoms with Gasteiger partial charge in [-0.1, -0.05) is 37.3 Å². The summed E-state index contributed by atoms with van der Waals surface area (Å²) in [6.45, 7) is 1.92. The van der Waals surface area contributed by atoms with E-state index in [1.807, 2.05) is 31.2 Å². The molecule has 0 bridgehead atoms. The number of benzene rings is 2. The quantitative estimate of drug-likeness (QED) is 0.776. The van der Waals surface area contributed by atoms with E-state index in [0.29, 0.717) is 28.9 Å². The van der Waals surface area contributed by atoms with Crippen LogP contribution in [-0.2, 0) is 0 Å². The number of ether oxygens (including phenoxy) is 1. The molecule has 5 heteroatoms. The molecule has 23 heavy (non-hydrogen) atoms. The molecule has 0 aliphatic carbocycles. The Labute approximate surface area is 133 Å². The lowest BCUT2D eigenvalue weighted by Crippen LogP contribution is -2.10. The largest absolute Gasteiger partial charge is 0.494 e. The van der Waals surface area contributed by atoms with Crippen molar-refractivity contribution in [3.63, 3.8) is 0 Å². The number of fused-ring (bicyclic) bond motifs is 1. The van der Waals surface area contributed by atoms with E-state index in [2.05, 4.69) is 9.97 Å². The Bertz CT molecular complexity index is 885. The Kier molecular flexibility index (Phi) is 4.12. The van der Waals surface area contributed by atoms with Crippen molar-refractivity contribution in [2.45, 2.75) is 19.4 Å². The molecule has 118 valence electrons. The van der Waals surface area contributed by atoms with Gasteiger partial charge in [0, 0.05) is 5.56 Å². The van der Waals surface area contributed by atoms with Crippen molar-refractivity contribution in [2.24, 2.45) is 0 Å². The van der Waals surface area contributed by atoms with Gasteiger partial charge >= 0.3 is 0 Å². The van der Waals surface area contributed by atoms with Crippen molar-refractivity contribution in [1.29, 1.82) is 0 Å². The molecular formula is C18H18N2O3. The first-order chi connectivity index (χ1) is 11.1. The molecule has 0 amide bonds. The standard InChI is InChI=1S/C18H18N2O3/c1-3-14(21)11-7-9-12(10-8-11)17-19-16-13(18(22)20-17)5-4-6-15(16)23-2/h4-10,14,21H,3H2,1-2H3,(H,19,20,22). The number of aromatic nitrogens is 2. The summed E-state index contributed by atoms with van der Waals surface area (Å²) in [5, 5.41) is 10.3. The number of nitrogens with zero attached hydrogens (tertiary/aromatic N) is 1. The summed E-state index contributed by atoms with van der Waals surface area (Å²) in [5.74, 6) is 1.04. The predicted molar refractivity (Wildman–Crippen MR) is 89.6 cm³/mol. The minimum Gasteiger partial charge on any atom is -0.494 e. The number of H-pyrrole nitrogens is 1. The van der Waals surface area contributed by atoms with Crippen LogP contribution in [0.25, 0.3) is 22.3 Å². The zero-order valence-electron chi connectivity index (χ0n) is 13.0. The van der Waals surface area contributed by atoms with Gasteiger partial charge in [-0.2, -0.15) is 0 Å². The number of hydrogen-bond donors (Lipinski definition) is 2. The first-order valence-corrected chi connectivity index (χ1v) is 7.49. The first-order valence-electron chi connectivity index (χ1n) is 7.49. The average Bonchev–Trinajstić information content (AvgIpc) is 2.60. The maximum atomic E-state index is 12.3. The van der Waals surface area contributed by atoms with E-state index in [4.69, 9.17) is 4.74 Å². The van der Waals surface area contributed by atoms with Crippen LogP contribution in [0.2, 0.25) is 0 Å². The Morgan fingerprint density at radius 1 is 1.22 bits per heavy atom. The van der Waals surface area contributed by atoms with Crippen molar-refractivity contribution in [3.05, 3.63) is 58.4 Å². The van der Waals surface area contributed by atoms with Crippen molar-refractivity contribution in [2.75, 3.05) is 7.11 Å². The lowest BCUT2D eigenvalue weighted by atomic mass is 10.0. The highest BCUT2D eigenvalue weighted by molar-refractivity contribution is 5.85. The zero-order chi connectivity index (χ0) is 16.4. The van der Waals surface area contributed by atoms with Gasteiger partial charge in [0.25, 0.3) is 5.56 Å². The number of nitrogens with one attached hydrogen (secondary N) is 1. The van der Waals surface area contributed by atoms with Gasteiger partial charge in [-0.3, -0.25) is 4.79 Å². The molecule has 2 aromatic carbocycles. The van der Waals surface area contributed by atoms with Gasteiger partial charge in [0.15, 0.2) is 0 Å². The fourth-order valence-electron chi connectivity index (χ4n) is 2.54. The van der Waals surface area contributed by atoms with E-state index in [-0.39, 0.29) is 5.56 Å². The Hall–Kier alpha value is -2.66. The molecule has 3 rings (SSSR count). The number of rotatable bonds is 4. The maximum Gasteiger partial charge on any atom is 0.259 e. The lowest BCUT2D eigenvalue weighted by molar-refractivity contribution is 0.173. The minimum absolute atomic E-state index is 0.207. The van der Waals surface area contributed by atoms with Crippen LogP contribution in [0.5, 0.6) is 5.75 Å². The van der Waals surface area contributed by atoms with E-state index in [9.17, 15) is 9.90 Å². The molecule has 0 aliphatic rings. The van der Waals surface area contributed by atoms with E-state index >= 15 is 0 Å². The molecule has 1 atom stereocenters. The van der Waals surface area contributed by atoms with E-state index in [1.54, 1.807) is 25.3 Å². The molecular weight excluding hydrogens is 292 g/mol.